The fourth-order valence-corrected chi connectivity index (χ4v) is 1.86. The lowest BCUT2D eigenvalue weighted by molar-refractivity contribution is -0.384. The van der Waals surface area contributed by atoms with E-state index in [1.165, 1.54) is 16.8 Å². The van der Waals surface area contributed by atoms with Crippen molar-refractivity contribution in [3.05, 3.63) is 59.0 Å². The van der Waals surface area contributed by atoms with Crippen molar-refractivity contribution >= 4 is 11.4 Å². The van der Waals surface area contributed by atoms with Gasteiger partial charge in [-0.1, -0.05) is 0 Å². The Kier molecular flexibility index (Phi) is 3.03. The number of benzene rings is 1. The molecule has 8 heteroatoms. The molecule has 0 unspecified atom stereocenters. The third-order valence-electron chi connectivity index (χ3n) is 2.85. The van der Waals surface area contributed by atoms with E-state index >= 15 is 0 Å². The van der Waals surface area contributed by atoms with Crippen LogP contribution >= 0.6 is 0 Å². The molecule has 3 rings (SSSR count). The minimum Gasteiger partial charge on any atom is -0.396 e. The van der Waals surface area contributed by atoms with Crippen LogP contribution in [0.15, 0.2) is 48.9 Å². The molecule has 0 atom stereocenters. The van der Waals surface area contributed by atoms with Crippen LogP contribution in [-0.2, 0) is 0 Å². The topological polar surface area (TPSA) is 113 Å². The van der Waals surface area contributed by atoms with Gasteiger partial charge in [0.25, 0.3) is 11.6 Å². The number of anilines is 1. The quantitative estimate of drug-likeness (QED) is 0.579. The number of nitrogens with zero attached hydrogens (tertiary/aromatic N) is 5. The summed E-state index contributed by atoms with van der Waals surface area (Å²) in [6, 6.07) is 7.73. The van der Waals surface area contributed by atoms with Crippen molar-refractivity contribution in [1.82, 2.24) is 19.7 Å². The molecule has 0 amide bonds. The second kappa shape index (κ2) is 5.00. The number of rotatable bonds is 3. The third-order valence-corrected chi connectivity index (χ3v) is 2.85. The van der Waals surface area contributed by atoms with E-state index in [0.717, 1.165) is 0 Å². The van der Waals surface area contributed by atoms with E-state index in [1.54, 1.807) is 36.8 Å². The van der Waals surface area contributed by atoms with Crippen LogP contribution in [0.2, 0.25) is 0 Å². The first kappa shape index (κ1) is 12.7. The smallest absolute Gasteiger partial charge is 0.269 e. The Balaban J connectivity index is 2.00. The van der Waals surface area contributed by atoms with Crippen LogP contribution in [0.3, 0.4) is 0 Å². The zero-order valence-corrected chi connectivity index (χ0v) is 10.7. The molecule has 104 valence electrons. The second-order valence-corrected chi connectivity index (χ2v) is 4.23. The largest absolute Gasteiger partial charge is 0.396 e. The van der Waals surface area contributed by atoms with Gasteiger partial charge in [0.05, 0.1) is 16.8 Å². The van der Waals surface area contributed by atoms with Gasteiger partial charge < -0.3 is 5.73 Å². The van der Waals surface area contributed by atoms with Crippen LogP contribution in [0.5, 0.6) is 0 Å². The maximum absolute atomic E-state index is 10.6. The molecule has 0 aliphatic heterocycles. The minimum absolute atomic E-state index is 0.0168. The average molecular weight is 282 g/mol. The van der Waals surface area contributed by atoms with E-state index < -0.39 is 4.92 Å². The number of non-ortho nitro benzene ring substituents is 1. The first-order valence-electron chi connectivity index (χ1n) is 6.02. The summed E-state index contributed by atoms with van der Waals surface area (Å²) in [6.45, 7) is 0. The minimum atomic E-state index is -0.455. The molecule has 0 bridgehead atoms. The van der Waals surface area contributed by atoms with Gasteiger partial charge in [-0.25, -0.2) is 14.6 Å². The molecular formula is C13H10N6O2. The van der Waals surface area contributed by atoms with E-state index in [1.807, 2.05) is 0 Å². The average Bonchev–Trinajstić information content (AvgIpc) is 2.90. The number of nitro benzene ring substituents is 1. The summed E-state index contributed by atoms with van der Waals surface area (Å²) in [5.74, 6) is 0.400. The van der Waals surface area contributed by atoms with E-state index in [0.29, 0.717) is 22.9 Å². The molecule has 0 aliphatic carbocycles. The van der Waals surface area contributed by atoms with Gasteiger partial charge in [-0.15, -0.1) is 0 Å². The molecule has 0 radical (unpaired) electrons. The maximum atomic E-state index is 10.6. The second-order valence-electron chi connectivity index (χ2n) is 4.23. The van der Waals surface area contributed by atoms with Crippen molar-refractivity contribution in [3.8, 4) is 17.2 Å². The molecule has 2 heterocycles. The van der Waals surface area contributed by atoms with Gasteiger partial charge >= 0.3 is 0 Å². The van der Waals surface area contributed by atoms with Gasteiger partial charge in [0.15, 0.2) is 0 Å². The van der Waals surface area contributed by atoms with Gasteiger partial charge in [-0.3, -0.25) is 10.1 Å². The summed E-state index contributed by atoms with van der Waals surface area (Å²) >= 11 is 0. The Morgan fingerprint density at radius 3 is 2.43 bits per heavy atom. The monoisotopic (exact) mass is 282 g/mol. The molecule has 0 fully saturated rings. The lowest BCUT2D eigenvalue weighted by Gasteiger charge is -1.98. The summed E-state index contributed by atoms with van der Waals surface area (Å²) in [5, 5.41) is 15.0. The first-order chi connectivity index (χ1) is 10.1. The van der Waals surface area contributed by atoms with Gasteiger partial charge in [-0.05, 0) is 18.2 Å². The molecule has 1 aromatic carbocycles. The molecule has 0 aliphatic rings. The van der Waals surface area contributed by atoms with Gasteiger partial charge in [0, 0.05) is 30.1 Å². The highest BCUT2D eigenvalue weighted by Crippen LogP contribution is 2.26. The molecule has 8 nitrogen and oxygen atoms in total. The summed E-state index contributed by atoms with van der Waals surface area (Å²) in [7, 11) is 0. The molecule has 2 aromatic heterocycles. The fourth-order valence-electron chi connectivity index (χ4n) is 1.86. The van der Waals surface area contributed by atoms with Crippen molar-refractivity contribution in [2.75, 3.05) is 5.73 Å². The molecule has 0 saturated heterocycles. The van der Waals surface area contributed by atoms with E-state index in [-0.39, 0.29) is 5.69 Å². The summed E-state index contributed by atoms with van der Waals surface area (Å²) < 4.78 is 1.46. The van der Waals surface area contributed by atoms with Crippen LogP contribution in [0.25, 0.3) is 17.2 Å². The Labute approximate surface area is 119 Å². The molecule has 0 spiro atoms. The molecule has 0 saturated carbocycles. The Morgan fingerprint density at radius 2 is 1.81 bits per heavy atom. The molecule has 2 N–H and O–H groups in total. The van der Waals surface area contributed by atoms with E-state index in [2.05, 4.69) is 15.1 Å². The SMILES string of the molecule is Nc1cn(-c2ncccn2)nc1-c1ccc([N+](=O)[O-])cc1. The van der Waals surface area contributed by atoms with Gasteiger partial charge in [0.1, 0.15) is 5.69 Å². The highest BCUT2D eigenvalue weighted by Gasteiger charge is 2.12. The lowest BCUT2D eigenvalue weighted by atomic mass is 10.1. The first-order valence-corrected chi connectivity index (χ1v) is 6.02. The number of hydrogen-bond donors (Lipinski definition) is 1. The number of aromatic nitrogens is 4. The van der Waals surface area contributed by atoms with Crippen LogP contribution < -0.4 is 5.73 Å². The standard InChI is InChI=1S/C13H10N6O2/c14-11-8-18(13-15-6-1-7-16-13)17-12(11)9-2-4-10(5-3-9)19(20)21/h1-8H,14H2. The third kappa shape index (κ3) is 2.41. The fraction of sp³-hybridized carbons (Fsp3) is 0. The number of hydrogen-bond acceptors (Lipinski definition) is 6. The molecule has 21 heavy (non-hydrogen) atoms. The summed E-state index contributed by atoms with van der Waals surface area (Å²) in [4.78, 5) is 18.4. The Bertz CT molecular complexity index is 782. The van der Waals surface area contributed by atoms with Crippen molar-refractivity contribution in [2.45, 2.75) is 0 Å². The number of nitrogens with two attached hydrogens (primary N) is 1. The van der Waals surface area contributed by atoms with Crippen molar-refractivity contribution < 1.29 is 4.92 Å². The normalized spacial score (nSPS) is 10.5. The zero-order valence-electron chi connectivity index (χ0n) is 10.7. The molecular weight excluding hydrogens is 272 g/mol. The predicted octanol–water partition coefficient (Wildman–Crippen LogP) is 1.82. The number of nitro groups is 1. The molecule has 3 aromatic rings. The predicted molar refractivity (Wildman–Crippen MR) is 75.7 cm³/mol. The van der Waals surface area contributed by atoms with Crippen molar-refractivity contribution in [1.29, 1.82) is 0 Å². The highest BCUT2D eigenvalue weighted by molar-refractivity contribution is 5.72. The van der Waals surface area contributed by atoms with Crippen LogP contribution in [0, 0.1) is 10.1 Å². The van der Waals surface area contributed by atoms with Crippen molar-refractivity contribution in [2.24, 2.45) is 0 Å². The Hall–Kier alpha value is -3.29. The van der Waals surface area contributed by atoms with Crippen LogP contribution in [-0.4, -0.2) is 24.7 Å². The number of nitrogen functional groups attached to an aromatic ring is 1. The van der Waals surface area contributed by atoms with Gasteiger partial charge in [-0.2, -0.15) is 5.10 Å². The van der Waals surface area contributed by atoms with Gasteiger partial charge in [0.2, 0.25) is 0 Å². The van der Waals surface area contributed by atoms with E-state index in [4.69, 9.17) is 5.73 Å². The summed E-state index contributed by atoms with van der Waals surface area (Å²) in [5.41, 5.74) is 7.61. The maximum Gasteiger partial charge on any atom is 0.269 e. The zero-order chi connectivity index (χ0) is 14.8. The van der Waals surface area contributed by atoms with Crippen molar-refractivity contribution in [3.63, 3.8) is 0 Å². The van der Waals surface area contributed by atoms with Crippen LogP contribution in [0.1, 0.15) is 0 Å². The summed E-state index contributed by atoms with van der Waals surface area (Å²) in [6.07, 6.45) is 4.81. The lowest BCUT2D eigenvalue weighted by Crippen LogP contribution is -2.00. The van der Waals surface area contributed by atoms with Crippen LogP contribution in [0.4, 0.5) is 11.4 Å². The van der Waals surface area contributed by atoms with E-state index in [9.17, 15) is 10.1 Å². The highest BCUT2D eigenvalue weighted by atomic mass is 16.6. The Morgan fingerprint density at radius 1 is 1.14 bits per heavy atom.